The van der Waals surface area contributed by atoms with Crippen molar-refractivity contribution in [3.8, 4) is 0 Å². The van der Waals surface area contributed by atoms with Gasteiger partial charge in [0, 0.05) is 11.7 Å². The quantitative estimate of drug-likeness (QED) is 0.651. The number of carbonyl (C=O) groups excluding carboxylic acids is 2. The first-order chi connectivity index (χ1) is 14.0. The molecule has 2 aromatic rings. The predicted octanol–water partition coefficient (Wildman–Crippen LogP) is 4.41. The fourth-order valence-electron chi connectivity index (χ4n) is 3.98. The van der Waals surface area contributed by atoms with E-state index in [1.165, 1.54) is 56.5 Å². The van der Waals surface area contributed by atoms with Gasteiger partial charge in [-0.15, -0.1) is 0 Å². The molecule has 156 valence electrons. The Balaban J connectivity index is 1.62. The highest BCUT2D eigenvalue weighted by Crippen LogP contribution is 2.34. The number of ketones is 1. The van der Waals surface area contributed by atoms with Gasteiger partial charge in [0.25, 0.3) is 0 Å². The number of hydrogen-bond donors (Lipinski definition) is 1. The highest BCUT2D eigenvalue weighted by atomic mass is 32.2. The van der Waals surface area contributed by atoms with Gasteiger partial charge < -0.3 is 9.88 Å². The van der Waals surface area contributed by atoms with Crippen molar-refractivity contribution in [3.05, 3.63) is 47.3 Å². The second-order valence-electron chi connectivity index (χ2n) is 7.94. The predicted molar refractivity (Wildman–Crippen MR) is 117 cm³/mol. The van der Waals surface area contributed by atoms with Gasteiger partial charge in [-0.3, -0.25) is 9.59 Å². The third kappa shape index (κ3) is 5.72. The van der Waals surface area contributed by atoms with Crippen LogP contribution in [-0.4, -0.2) is 33.0 Å². The molecule has 0 saturated heterocycles. The van der Waals surface area contributed by atoms with Gasteiger partial charge in [0.15, 0.2) is 10.9 Å². The summed E-state index contributed by atoms with van der Waals surface area (Å²) in [5, 5.41) is 3.83. The van der Waals surface area contributed by atoms with E-state index in [1.807, 2.05) is 37.3 Å². The topological polar surface area (TPSA) is 64.0 Å². The van der Waals surface area contributed by atoms with E-state index >= 15 is 0 Å². The van der Waals surface area contributed by atoms with E-state index in [0.29, 0.717) is 12.5 Å². The number of nitrogens with one attached hydrogen (secondary N) is 1. The molecule has 0 aliphatic heterocycles. The molecule has 1 aromatic carbocycles. The van der Waals surface area contributed by atoms with Gasteiger partial charge in [0.05, 0.1) is 17.5 Å². The van der Waals surface area contributed by atoms with Gasteiger partial charge in [-0.2, -0.15) is 0 Å². The van der Waals surface area contributed by atoms with Crippen molar-refractivity contribution < 1.29 is 9.59 Å². The van der Waals surface area contributed by atoms with Gasteiger partial charge in [-0.1, -0.05) is 61.4 Å². The van der Waals surface area contributed by atoms with Crippen LogP contribution < -0.4 is 5.32 Å². The zero-order chi connectivity index (χ0) is 20.8. The summed E-state index contributed by atoms with van der Waals surface area (Å²) in [5.41, 5.74) is 3.27. The number of thioether (sulfide) groups is 1. The molecule has 1 atom stereocenters. The summed E-state index contributed by atoms with van der Waals surface area (Å²) in [6.07, 6.45) is 6.70. The van der Waals surface area contributed by atoms with Crippen LogP contribution in [0.5, 0.6) is 0 Å². The van der Waals surface area contributed by atoms with Gasteiger partial charge in [-0.05, 0) is 45.6 Å². The molecular formula is C23H31N3O2S. The second-order valence-corrected chi connectivity index (χ2v) is 8.88. The minimum atomic E-state index is -0.493. The lowest BCUT2D eigenvalue weighted by molar-refractivity contribution is -0.125. The summed E-state index contributed by atoms with van der Waals surface area (Å²) in [6, 6.07) is 9.78. The third-order valence-electron chi connectivity index (χ3n) is 5.74. The van der Waals surface area contributed by atoms with Crippen LogP contribution in [0.3, 0.4) is 0 Å². The monoisotopic (exact) mass is 413 g/mol. The minimum absolute atomic E-state index is 0.0254. The molecule has 0 radical (unpaired) electrons. The van der Waals surface area contributed by atoms with Crippen molar-refractivity contribution in [2.45, 2.75) is 76.5 Å². The summed E-state index contributed by atoms with van der Waals surface area (Å²) >= 11 is 1.47. The van der Waals surface area contributed by atoms with Gasteiger partial charge >= 0.3 is 0 Å². The highest BCUT2D eigenvalue weighted by Gasteiger charge is 2.23. The molecule has 0 unspecified atom stereocenters. The van der Waals surface area contributed by atoms with Crippen LogP contribution in [-0.2, 0) is 16.0 Å². The van der Waals surface area contributed by atoms with Crippen LogP contribution in [0, 0.1) is 13.8 Å². The van der Waals surface area contributed by atoms with E-state index in [1.54, 1.807) is 0 Å². The third-order valence-corrected chi connectivity index (χ3v) is 6.69. The summed E-state index contributed by atoms with van der Waals surface area (Å²) in [5.74, 6) is 0.114. The van der Waals surface area contributed by atoms with E-state index in [2.05, 4.69) is 16.8 Å². The molecule has 29 heavy (non-hydrogen) atoms. The van der Waals surface area contributed by atoms with Crippen LogP contribution in [0.2, 0.25) is 0 Å². The van der Waals surface area contributed by atoms with Crippen molar-refractivity contribution in [2.24, 2.45) is 0 Å². The maximum Gasteiger partial charge on any atom is 0.231 e. The Morgan fingerprint density at radius 1 is 1.17 bits per heavy atom. The summed E-state index contributed by atoms with van der Waals surface area (Å²) in [6.45, 7) is 5.68. The Bertz CT molecular complexity index is 841. The van der Waals surface area contributed by atoms with Crippen molar-refractivity contribution in [2.75, 3.05) is 5.75 Å². The summed E-state index contributed by atoms with van der Waals surface area (Å²) < 4.78 is 2.33. The van der Waals surface area contributed by atoms with Crippen LogP contribution in [0.4, 0.5) is 0 Å². The average molecular weight is 414 g/mol. The number of rotatable bonds is 8. The number of benzene rings is 1. The van der Waals surface area contributed by atoms with Gasteiger partial charge in [0.2, 0.25) is 5.91 Å². The van der Waals surface area contributed by atoms with E-state index in [9.17, 15) is 9.59 Å². The first-order valence-electron chi connectivity index (χ1n) is 10.5. The lowest BCUT2D eigenvalue weighted by Gasteiger charge is -2.26. The smallest absolute Gasteiger partial charge is 0.231 e. The fourth-order valence-corrected chi connectivity index (χ4v) is 4.95. The number of aromatic nitrogens is 2. The number of carbonyl (C=O) groups is 2. The number of amides is 1. The van der Waals surface area contributed by atoms with Crippen molar-refractivity contribution in [1.82, 2.24) is 14.9 Å². The molecule has 1 aliphatic rings. The molecule has 6 heteroatoms. The van der Waals surface area contributed by atoms with Crippen LogP contribution in [0.15, 0.2) is 35.5 Å². The van der Waals surface area contributed by atoms with E-state index < -0.39 is 6.04 Å². The molecule has 3 rings (SSSR count). The largest absolute Gasteiger partial charge is 0.345 e. The van der Waals surface area contributed by atoms with Crippen LogP contribution >= 0.6 is 11.8 Å². The van der Waals surface area contributed by atoms with E-state index in [0.717, 1.165) is 16.4 Å². The molecule has 1 amide bonds. The summed E-state index contributed by atoms with van der Waals surface area (Å²) in [4.78, 5) is 29.3. The maximum absolute atomic E-state index is 12.6. The Hall–Kier alpha value is -2.08. The lowest BCUT2D eigenvalue weighted by Crippen LogP contribution is -2.42. The van der Waals surface area contributed by atoms with Gasteiger partial charge in [-0.25, -0.2) is 4.98 Å². The van der Waals surface area contributed by atoms with E-state index in [-0.39, 0.29) is 17.4 Å². The maximum atomic E-state index is 12.6. The number of aryl methyl sites for hydroxylation is 1. The second kappa shape index (κ2) is 10.1. The Kier molecular flexibility index (Phi) is 7.53. The molecule has 1 fully saturated rings. The lowest BCUT2D eigenvalue weighted by atomic mass is 9.95. The first-order valence-corrected chi connectivity index (χ1v) is 11.5. The molecule has 1 saturated carbocycles. The molecule has 1 N–H and O–H groups in total. The number of nitrogens with zero attached hydrogens (tertiary/aromatic N) is 2. The first kappa shape index (κ1) is 21.6. The molecule has 1 aliphatic carbocycles. The van der Waals surface area contributed by atoms with Crippen LogP contribution in [0.1, 0.15) is 62.0 Å². The standard InChI is InChI=1S/C23H31N3O2S/c1-16-17(2)26(20-12-8-5-9-13-20)23(24-16)29-15-22(28)25-21(18(3)27)14-19-10-6-4-7-11-19/h4,6-7,10-11,20-21H,5,8-9,12-15H2,1-3H3,(H,25,28)/t21-/m0/s1. The highest BCUT2D eigenvalue weighted by molar-refractivity contribution is 7.99. The van der Waals surface area contributed by atoms with Gasteiger partial charge in [0.1, 0.15) is 0 Å². The van der Waals surface area contributed by atoms with Crippen molar-refractivity contribution in [3.63, 3.8) is 0 Å². The minimum Gasteiger partial charge on any atom is -0.345 e. The molecular weight excluding hydrogens is 382 g/mol. The zero-order valence-electron chi connectivity index (χ0n) is 17.6. The van der Waals surface area contributed by atoms with Crippen LogP contribution in [0.25, 0.3) is 0 Å². The molecule has 0 bridgehead atoms. The number of Topliss-reactive ketones (excluding diaryl/α,β-unsaturated/α-hetero) is 1. The zero-order valence-corrected chi connectivity index (χ0v) is 18.4. The Morgan fingerprint density at radius 3 is 2.52 bits per heavy atom. The Labute approximate surface area is 177 Å². The van der Waals surface area contributed by atoms with E-state index in [4.69, 9.17) is 4.98 Å². The molecule has 1 aromatic heterocycles. The Morgan fingerprint density at radius 2 is 1.86 bits per heavy atom. The fraction of sp³-hybridized carbons (Fsp3) is 0.522. The molecule has 1 heterocycles. The van der Waals surface area contributed by atoms with Crippen molar-refractivity contribution in [1.29, 1.82) is 0 Å². The number of imidazole rings is 1. The summed E-state index contributed by atoms with van der Waals surface area (Å²) in [7, 11) is 0. The van der Waals surface area contributed by atoms with Crippen molar-refractivity contribution >= 4 is 23.5 Å². The SMILES string of the molecule is CC(=O)[C@H](Cc1ccccc1)NC(=O)CSc1nc(C)c(C)n1C1CCCCC1. The number of hydrogen-bond acceptors (Lipinski definition) is 4. The molecule has 0 spiro atoms. The average Bonchev–Trinajstić information content (AvgIpc) is 3.01. The molecule has 5 nitrogen and oxygen atoms in total. The normalized spacial score (nSPS) is 15.8.